The molecule has 6 aliphatic rings. The van der Waals surface area contributed by atoms with Crippen molar-refractivity contribution >= 4 is 98.8 Å². The first-order chi connectivity index (χ1) is 48.0. The highest BCUT2D eigenvalue weighted by Gasteiger charge is 2.57. The van der Waals surface area contributed by atoms with Crippen LogP contribution in [0.15, 0.2) is 261 Å². The van der Waals surface area contributed by atoms with E-state index >= 15 is 0 Å². The van der Waals surface area contributed by atoms with Gasteiger partial charge in [0.25, 0.3) is 0 Å². The third-order valence-electron chi connectivity index (χ3n) is 26.3. The molecule has 9 unspecified atom stereocenters. The van der Waals surface area contributed by atoms with Crippen molar-refractivity contribution in [3.63, 3.8) is 0 Å². The molecule has 3 heterocycles. The van der Waals surface area contributed by atoms with Crippen LogP contribution in [0.3, 0.4) is 0 Å². The summed E-state index contributed by atoms with van der Waals surface area (Å²) in [5.41, 5.74) is 25.3. The summed E-state index contributed by atoms with van der Waals surface area (Å²) in [6.07, 6.45) is 7.19. The zero-order valence-electron chi connectivity index (χ0n) is 56.9. The second kappa shape index (κ2) is 20.4. The Kier molecular flexibility index (Phi) is 11.9. The second-order valence-electron chi connectivity index (χ2n) is 31.3. The molecule has 0 radical (unpaired) electrons. The van der Waals surface area contributed by atoms with Crippen LogP contribution in [0.5, 0.6) is 0 Å². The van der Waals surface area contributed by atoms with Crippen molar-refractivity contribution in [2.75, 3.05) is 14.7 Å². The van der Waals surface area contributed by atoms with Gasteiger partial charge in [-0.1, -0.05) is 209 Å². The molecule has 3 heteroatoms. The van der Waals surface area contributed by atoms with Crippen LogP contribution in [0.4, 0.5) is 34.1 Å². The van der Waals surface area contributed by atoms with Crippen LogP contribution in [-0.2, 0) is 0 Å². The summed E-state index contributed by atoms with van der Waals surface area (Å²) in [6.45, 7) is 15.1. The predicted molar refractivity (Wildman–Crippen MR) is 415 cm³/mol. The van der Waals surface area contributed by atoms with Gasteiger partial charge in [0.05, 0.1) is 0 Å². The van der Waals surface area contributed by atoms with Crippen molar-refractivity contribution in [2.24, 2.45) is 17.8 Å². The van der Waals surface area contributed by atoms with Gasteiger partial charge in [-0.25, -0.2) is 0 Å². The molecule has 3 fully saturated rings. The Bertz CT molecular complexity index is 5530. The third kappa shape index (κ3) is 7.44. The summed E-state index contributed by atoms with van der Waals surface area (Å²) >= 11 is 0. The molecule has 3 saturated carbocycles. The number of hydrogen-bond acceptors (Lipinski definition) is 3. The Morgan fingerprint density at radius 1 is 0.265 bits per heavy atom. The minimum absolute atomic E-state index is 0.0173. The van der Waals surface area contributed by atoms with E-state index in [0.717, 1.165) is 0 Å². The van der Waals surface area contributed by atoms with Crippen molar-refractivity contribution in [1.29, 1.82) is 0 Å². The van der Waals surface area contributed by atoms with Crippen LogP contribution < -0.4 is 14.7 Å². The van der Waals surface area contributed by atoms with Gasteiger partial charge in [0.15, 0.2) is 0 Å². The fraction of sp³-hybridized carbons (Fsp3) is 0.221. The first-order valence-corrected chi connectivity index (χ1v) is 36.5. The average Bonchev–Trinajstić information content (AvgIpc) is 1.52. The molecular formula is C95H79N3. The van der Waals surface area contributed by atoms with Crippen LogP contribution in [0.1, 0.15) is 115 Å². The molecule has 9 atom stereocenters. The molecule has 15 aromatic rings. The Balaban J connectivity index is 0.850. The molecule has 0 spiro atoms. The van der Waals surface area contributed by atoms with E-state index in [2.05, 4.69) is 317 Å². The quantitative estimate of drug-likeness (QED) is 0.150. The topological polar surface area (TPSA) is 9.72 Å². The summed E-state index contributed by atoms with van der Waals surface area (Å²) in [7, 11) is 0. The number of hydrogen-bond donors (Lipinski definition) is 0. The summed E-state index contributed by atoms with van der Waals surface area (Å²) in [5, 5.41) is 16.0. The Morgan fingerprint density at radius 3 is 0.959 bits per heavy atom. The SMILES string of the molecule is CC1CCC2(C)C1c1cc(-c3ccc4c5c(-c6ccccc6)c6c7ccc(-c8ccc9c(c8)C8C(C)CCC8(C)N9c8ccccc8)c8c(-c9ccc%10c(c9)C9C(C)CCC9(C)N%10c9ccccc9)ccc(c6c(-c6ccccc6)c5c5cccc3c54)c87)ccc1N2c1ccccc1. The van der Waals surface area contributed by atoms with Gasteiger partial charge in [0.1, 0.15) is 0 Å². The molecule has 474 valence electrons. The van der Waals surface area contributed by atoms with Gasteiger partial charge in [0.2, 0.25) is 0 Å². The lowest BCUT2D eigenvalue weighted by Crippen LogP contribution is -2.40. The van der Waals surface area contributed by atoms with Crippen LogP contribution in [0.2, 0.25) is 0 Å². The van der Waals surface area contributed by atoms with E-state index in [4.69, 9.17) is 0 Å². The standard InChI is InChI=1S/C95H79N3/c1-56-47-50-93(4)90(56)75-53-61(35-44-78(75)96(93)64-27-16-9-17-28-64)67-38-41-72-83-70(67)33-22-34-71(83)86-81(59-23-12-7-13-24-59)88-73-42-39-68(62-36-45-79-76(54-62)91-57(2)48-51-94(91,5)97(79)65-29-18-10-19-30-65)84-69(40-43-74(85(73)84)89(88)82(87(72)86)60-25-14-8-15-26-60)63-37-46-80-77(55-63)92-58(3)49-52-95(92,6)98(80)66-31-20-11-21-32-66/h7-46,53-58,90-92H,47-52H2,1-6H3. The molecule has 0 amide bonds. The summed E-state index contributed by atoms with van der Waals surface area (Å²) in [6, 6.07) is 102. The molecule has 3 aliphatic carbocycles. The van der Waals surface area contributed by atoms with Gasteiger partial charge in [0, 0.05) is 68.5 Å². The lowest BCUT2D eigenvalue weighted by molar-refractivity contribution is 0.414. The minimum atomic E-state index is -0.0173. The van der Waals surface area contributed by atoms with E-state index in [0.29, 0.717) is 35.5 Å². The molecule has 3 aliphatic heterocycles. The van der Waals surface area contributed by atoms with Gasteiger partial charge >= 0.3 is 0 Å². The number of rotatable bonds is 8. The zero-order valence-corrected chi connectivity index (χ0v) is 56.9. The molecular weight excluding hydrogens is 1180 g/mol. The maximum Gasteiger partial charge on any atom is 0.0495 e. The molecule has 3 nitrogen and oxygen atoms in total. The highest BCUT2D eigenvalue weighted by Crippen LogP contribution is 2.66. The van der Waals surface area contributed by atoms with Gasteiger partial charge in [-0.3, -0.25) is 0 Å². The van der Waals surface area contributed by atoms with Crippen molar-refractivity contribution in [2.45, 2.75) is 114 Å². The van der Waals surface area contributed by atoms with Crippen molar-refractivity contribution in [3.8, 4) is 55.6 Å². The third-order valence-corrected chi connectivity index (χ3v) is 26.3. The van der Waals surface area contributed by atoms with E-state index in [9.17, 15) is 0 Å². The molecule has 0 bridgehead atoms. The summed E-state index contributed by atoms with van der Waals surface area (Å²) in [5.74, 6) is 2.96. The first kappa shape index (κ1) is 56.9. The molecule has 98 heavy (non-hydrogen) atoms. The summed E-state index contributed by atoms with van der Waals surface area (Å²) < 4.78 is 0. The van der Waals surface area contributed by atoms with Gasteiger partial charge in [-0.2, -0.15) is 0 Å². The molecule has 21 rings (SSSR count). The van der Waals surface area contributed by atoms with E-state index in [-0.39, 0.29) is 16.6 Å². The van der Waals surface area contributed by atoms with Gasteiger partial charge in [-0.05, 0) is 287 Å². The van der Waals surface area contributed by atoms with E-state index < -0.39 is 0 Å². The largest absolute Gasteiger partial charge is 0.335 e. The number of benzene rings is 13. The normalized spacial score (nSPS) is 24.4. The second-order valence-corrected chi connectivity index (χ2v) is 31.3. The fourth-order valence-electron chi connectivity index (χ4n) is 22.5. The van der Waals surface area contributed by atoms with Crippen LogP contribution in [0, 0.1) is 17.8 Å². The van der Waals surface area contributed by atoms with Crippen molar-refractivity contribution in [3.05, 3.63) is 278 Å². The van der Waals surface area contributed by atoms with Crippen molar-refractivity contribution in [1.82, 2.24) is 0 Å². The highest BCUT2D eigenvalue weighted by molar-refractivity contribution is 6.47. The van der Waals surface area contributed by atoms with Crippen molar-refractivity contribution < 1.29 is 0 Å². The lowest BCUT2D eigenvalue weighted by Gasteiger charge is -2.38. The monoisotopic (exact) mass is 1260 g/mol. The fourth-order valence-corrected chi connectivity index (χ4v) is 22.5. The zero-order chi connectivity index (χ0) is 65.2. The smallest absolute Gasteiger partial charge is 0.0495 e. The van der Waals surface area contributed by atoms with Crippen LogP contribution >= 0.6 is 0 Å². The molecule has 0 saturated heterocycles. The number of fused-ring (bicyclic) bond motifs is 15. The Labute approximate surface area is 575 Å². The maximum absolute atomic E-state index is 2.71. The summed E-state index contributed by atoms with van der Waals surface area (Å²) in [4.78, 5) is 8.11. The maximum atomic E-state index is 2.71. The predicted octanol–water partition coefficient (Wildman–Crippen LogP) is 26.1. The lowest BCUT2D eigenvalue weighted by atomic mass is 9.81. The molecule has 0 N–H and O–H groups in total. The highest BCUT2D eigenvalue weighted by atomic mass is 15.3. The van der Waals surface area contributed by atoms with Crippen LogP contribution in [-0.4, -0.2) is 16.6 Å². The van der Waals surface area contributed by atoms with Gasteiger partial charge < -0.3 is 14.7 Å². The minimum Gasteiger partial charge on any atom is -0.335 e. The Morgan fingerprint density at radius 2 is 0.582 bits per heavy atom. The average molecular weight is 1260 g/mol. The number of nitrogens with zero attached hydrogens (tertiary/aromatic N) is 3. The first-order valence-electron chi connectivity index (χ1n) is 36.5. The Hall–Kier alpha value is -10.2. The number of anilines is 6. The van der Waals surface area contributed by atoms with Gasteiger partial charge in [-0.15, -0.1) is 0 Å². The number of para-hydroxylation sites is 3. The molecule has 0 aromatic heterocycles. The van der Waals surface area contributed by atoms with E-state index in [1.165, 1.54) is 210 Å². The molecule has 15 aromatic carbocycles. The van der Waals surface area contributed by atoms with Crippen LogP contribution in [0.25, 0.3) is 120 Å². The van der Waals surface area contributed by atoms with E-state index in [1.54, 1.807) is 0 Å². The van der Waals surface area contributed by atoms with E-state index in [1.807, 2.05) is 0 Å².